The number of halogens is 4. The highest BCUT2D eigenvalue weighted by atomic mass is 19.3. The number of nitrogens with two attached hydrogens (primary N) is 1. The van der Waals surface area contributed by atoms with Gasteiger partial charge in [0.1, 0.15) is 5.82 Å². The van der Waals surface area contributed by atoms with E-state index in [0.717, 1.165) is 12.1 Å². The van der Waals surface area contributed by atoms with Crippen LogP contribution in [-0.2, 0) is 0 Å². The third kappa shape index (κ3) is 3.36. The fourth-order valence-corrected chi connectivity index (χ4v) is 1.86. The molecule has 0 fully saturated rings. The summed E-state index contributed by atoms with van der Waals surface area (Å²) in [5.41, 5.74) is 6.34. The number of hydrogen-bond donors (Lipinski definition) is 1. The van der Waals surface area contributed by atoms with Crippen LogP contribution in [0.2, 0.25) is 0 Å². The maximum Gasteiger partial charge on any atom is 0.387 e. The molecule has 112 valence electrons. The summed E-state index contributed by atoms with van der Waals surface area (Å²) in [7, 11) is 1.55. The van der Waals surface area contributed by atoms with Gasteiger partial charge in [0.25, 0.3) is 0 Å². The van der Waals surface area contributed by atoms with Crippen molar-refractivity contribution in [1.29, 1.82) is 0 Å². The highest BCUT2D eigenvalue weighted by Crippen LogP contribution is 2.35. The Kier molecular flexibility index (Phi) is 4.21. The molecule has 0 bridgehead atoms. The van der Waals surface area contributed by atoms with E-state index >= 15 is 0 Å². The average molecular weight is 300 g/mol. The van der Waals surface area contributed by atoms with E-state index in [1.54, 1.807) is 13.1 Å². The van der Waals surface area contributed by atoms with Crippen LogP contribution in [0, 0.1) is 11.6 Å². The number of hydrogen-bond acceptors (Lipinski definition) is 3. The summed E-state index contributed by atoms with van der Waals surface area (Å²) in [4.78, 5) is 1.44. The molecule has 0 aromatic heterocycles. The van der Waals surface area contributed by atoms with Crippen LogP contribution in [0.1, 0.15) is 0 Å². The maximum atomic E-state index is 13.5. The molecule has 0 radical (unpaired) electrons. The summed E-state index contributed by atoms with van der Waals surface area (Å²) in [6.45, 7) is -3.16. The molecule has 7 heteroatoms. The van der Waals surface area contributed by atoms with Gasteiger partial charge in [-0.3, -0.25) is 0 Å². The second-order valence-electron chi connectivity index (χ2n) is 4.26. The first-order valence-corrected chi connectivity index (χ1v) is 5.91. The lowest BCUT2D eigenvalue weighted by Crippen LogP contribution is -2.13. The molecule has 21 heavy (non-hydrogen) atoms. The Hall–Kier alpha value is -2.44. The smallest absolute Gasteiger partial charge is 0.387 e. The number of rotatable bonds is 4. The number of benzene rings is 2. The van der Waals surface area contributed by atoms with Crippen LogP contribution in [0.25, 0.3) is 0 Å². The third-order valence-electron chi connectivity index (χ3n) is 2.85. The topological polar surface area (TPSA) is 38.5 Å². The van der Waals surface area contributed by atoms with Crippen LogP contribution in [0.15, 0.2) is 36.4 Å². The van der Waals surface area contributed by atoms with Gasteiger partial charge in [-0.1, -0.05) is 6.07 Å². The van der Waals surface area contributed by atoms with Crippen LogP contribution in [0.3, 0.4) is 0 Å². The Morgan fingerprint density at radius 1 is 1.14 bits per heavy atom. The van der Waals surface area contributed by atoms with Crippen molar-refractivity contribution in [2.75, 3.05) is 17.7 Å². The standard InChI is InChI=1S/C14H12F4N2O/c1-20(9-4-2-3-8(15)5-9)12-7-13(21-14(17)18)10(16)6-11(12)19/h2-7,14H,19H2,1H3. The Labute approximate surface area is 118 Å². The van der Waals surface area contributed by atoms with Gasteiger partial charge in [-0.05, 0) is 18.2 Å². The molecule has 0 saturated carbocycles. The predicted octanol–water partition coefficient (Wildman–Crippen LogP) is 3.92. The second-order valence-corrected chi connectivity index (χ2v) is 4.26. The van der Waals surface area contributed by atoms with Gasteiger partial charge in [0.15, 0.2) is 11.6 Å². The minimum atomic E-state index is -3.16. The van der Waals surface area contributed by atoms with Crippen molar-refractivity contribution in [3.05, 3.63) is 48.0 Å². The molecule has 2 rings (SSSR count). The molecule has 0 aliphatic carbocycles. The molecule has 0 amide bonds. The van der Waals surface area contributed by atoms with Crippen LogP contribution < -0.4 is 15.4 Å². The van der Waals surface area contributed by atoms with Crippen LogP contribution in [0.5, 0.6) is 5.75 Å². The quantitative estimate of drug-likeness (QED) is 0.687. The number of alkyl halides is 2. The Morgan fingerprint density at radius 3 is 2.48 bits per heavy atom. The van der Waals surface area contributed by atoms with Crippen LogP contribution in [0.4, 0.5) is 34.6 Å². The summed E-state index contributed by atoms with van der Waals surface area (Å²) in [5, 5.41) is 0. The Balaban J connectivity index is 2.42. The lowest BCUT2D eigenvalue weighted by molar-refractivity contribution is -0.0521. The number of nitrogen functional groups attached to an aromatic ring is 1. The molecule has 0 heterocycles. The van der Waals surface area contributed by atoms with E-state index in [2.05, 4.69) is 4.74 Å². The summed E-state index contributed by atoms with van der Waals surface area (Å²) in [6.07, 6.45) is 0. The highest BCUT2D eigenvalue weighted by Gasteiger charge is 2.16. The zero-order valence-electron chi connectivity index (χ0n) is 11.0. The Morgan fingerprint density at radius 2 is 1.86 bits per heavy atom. The van der Waals surface area contributed by atoms with E-state index in [-0.39, 0.29) is 11.4 Å². The van der Waals surface area contributed by atoms with Gasteiger partial charge in [0.05, 0.1) is 11.4 Å². The van der Waals surface area contributed by atoms with E-state index in [9.17, 15) is 17.6 Å². The lowest BCUT2D eigenvalue weighted by Gasteiger charge is -2.22. The zero-order valence-corrected chi connectivity index (χ0v) is 11.0. The lowest BCUT2D eigenvalue weighted by atomic mass is 10.2. The molecule has 0 atom stereocenters. The van der Waals surface area contributed by atoms with Crippen molar-refractivity contribution in [2.45, 2.75) is 6.61 Å². The Bertz CT molecular complexity index is 649. The number of nitrogens with zero attached hydrogens (tertiary/aromatic N) is 1. The van der Waals surface area contributed by atoms with Crippen molar-refractivity contribution in [2.24, 2.45) is 0 Å². The minimum absolute atomic E-state index is 0.0147. The normalized spacial score (nSPS) is 10.8. The molecule has 2 aromatic rings. The molecule has 0 unspecified atom stereocenters. The monoisotopic (exact) mass is 300 g/mol. The molecular formula is C14H12F4N2O. The van der Waals surface area contributed by atoms with Crippen molar-refractivity contribution < 1.29 is 22.3 Å². The van der Waals surface area contributed by atoms with Gasteiger partial charge in [-0.25, -0.2) is 8.78 Å². The molecule has 0 spiro atoms. The van der Waals surface area contributed by atoms with E-state index in [1.165, 1.54) is 23.1 Å². The van der Waals surface area contributed by atoms with Gasteiger partial charge < -0.3 is 15.4 Å². The van der Waals surface area contributed by atoms with Gasteiger partial charge in [-0.2, -0.15) is 8.78 Å². The van der Waals surface area contributed by atoms with Gasteiger partial charge >= 0.3 is 6.61 Å². The first kappa shape index (κ1) is 15.0. The second kappa shape index (κ2) is 5.90. The van der Waals surface area contributed by atoms with Crippen LogP contribution >= 0.6 is 0 Å². The van der Waals surface area contributed by atoms with Gasteiger partial charge in [0, 0.05) is 24.9 Å². The minimum Gasteiger partial charge on any atom is -0.432 e. The molecular weight excluding hydrogens is 288 g/mol. The molecule has 2 N–H and O–H groups in total. The summed E-state index contributed by atoms with van der Waals surface area (Å²) in [5.74, 6) is -2.09. The molecule has 2 aromatic carbocycles. The number of ether oxygens (including phenoxy) is 1. The maximum absolute atomic E-state index is 13.5. The van der Waals surface area contributed by atoms with Gasteiger partial charge in [0.2, 0.25) is 0 Å². The van der Waals surface area contributed by atoms with Crippen molar-refractivity contribution in [3.8, 4) is 5.75 Å². The first-order valence-electron chi connectivity index (χ1n) is 5.91. The molecule has 3 nitrogen and oxygen atoms in total. The fraction of sp³-hybridized carbons (Fsp3) is 0.143. The zero-order chi connectivity index (χ0) is 15.6. The van der Waals surface area contributed by atoms with Crippen molar-refractivity contribution in [3.63, 3.8) is 0 Å². The summed E-state index contributed by atoms with van der Waals surface area (Å²) in [6, 6.07) is 7.49. The predicted molar refractivity (Wildman–Crippen MR) is 71.9 cm³/mol. The highest BCUT2D eigenvalue weighted by molar-refractivity contribution is 5.76. The van der Waals surface area contributed by atoms with Crippen LogP contribution in [-0.4, -0.2) is 13.7 Å². The largest absolute Gasteiger partial charge is 0.432 e. The summed E-state index contributed by atoms with van der Waals surface area (Å²) >= 11 is 0. The van der Waals surface area contributed by atoms with Crippen molar-refractivity contribution in [1.82, 2.24) is 0 Å². The first-order chi connectivity index (χ1) is 9.88. The fourth-order valence-electron chi connectivity index (χ4n) is 1.86. The van der Waals surface area contributed by atoms with E-state index in [0.29, 0.717) is 5.69 Å². The van der Waals surface area contributed by atoms with E-state index in [1.807, 2.05) is 0 Å². The molecule has 0 aliphatic heterocycles. The van der Waals surface area contributed by atoms with E-state index < -0.39 is 24.0 Å². The third-order valence-corrected chi connectivity index (χ3v) is 2.85. The molecule has 0 saturated heterocycles. The van der Waals surface area contributed by atoms with E-state index in [4.69, 9.17) is 5.73 Å². The number of anilines is 3. The SMILES string of the molecule is CN(c1cccc(F)c1)c1cc(OC(F)F)c(F)cc1N. The molecule has 0 aliphatic rings. The van der Waals surface area contributed by atoms with Crippen molar-refractivity contribution >= 4 is 17.1 Å². The average Bonchev–Trinajstić information content (AvgIpc) is 2.40. The summed E-state index contributed by atoms with van der Waals surface area (Å²) < 4.78 is 55.3. The van der Waals surface area contributed by atoms with Gasteiger partial charge in [-0.15, -0.1) is 0 Å².